The number of benzene rings is 1. The summed E-state index contributed by atoms with van der Waals surface area (Å²) in [5, 5.41) is 2.99. The van der Waals surface area contributed by atoms with Crippen molar-refractivity contribution in [1.82, 2.24) is 15.1 Å². The number of halogens is 3. The number of hydrogen-bond acceptors (Lipinski definition) is 4. The van der Waals surface area contributed by atoms with E-state index in [1.165, 1.54) is 12.1 Å². The van der Waals surface area contributed by atoms with Crippen LogP contribution < -0.4 is 10.1 Å². The van der Waals surface area contributed by atoms with Crippen molar-refractivity contribution < 1.29 is 13.9 Å². The number of hydrogen-bond donors (Lipinski definition) is 1. The van der Waals surface area contributed by atoms with Gasteiger partial charge in [-0.05, 0) is 25.2 Å². The summed E-state index contributed by atoms with van der Waals surface area (Å²) in [6, 6.07) is 4.58. The third kappa shape index (κ3) is 6.43. The molecule has 1 aliphatic rings. The summed E-state index contributed by atoms with van der Waals surface area (Å²) in [7, 11) is 3.44. The molecule has 0 bridgehead atoms. The zero-order chi connectivity index (χ0) is 15.9. The number of carbonyl (C=O) groups is 1. The van der Waals surface area contributed by atoms with Crippen molar-refractivity contribution in [3.63, 3.8) is 0 Å². The number of nitrogens with zero attached hydrogens (tertiary/aromatic N) is 2. The summed E-state index contributed by atoms with van der Waals surface area (Å²) in [5.74, 6) is 0.642. The minimum atomic E-state index is -0.253. The molecule has 0 spiro atoms. The largest absolute Gasteiger partial charge is 0.496 e. The van der Waals surface area contributed by atoms with Crippen LogP contribution in [-0.2, 0) is 11.3 Å². The lowest BCUT2D eigenvalue weighted by molar-refractivity contribution is -0.132. The summed E-state index contributed by atoms with van der Waals surface area (Å²) in [6.07, 6.45) is 0.536. The molecule has 1 amide bonds. The first-order valence-corrected chi connectivity index (χ1v) is 7.61. The molecule has 0 radical (unpaired) electrons. The number of rotatable bonds is 6. The Labute approximate surface area is 155 Å². The van der Waals surface area contributed by atoms with Gasteiger partial charge in [0.25, 0.3) is 0 Å². The number of ether oxygens (including phenoxy) is 1. The van der Waals surface area contributed by atoms with E-state index in [0.29, 0.717) is 25.3 Å². The molecular formula is C16H26Cl2FN3O2. The minimum absolute atomic E-state index is 0. The second-order valence-electron chi connectivity index (χ2n) is 5.47. The Hall–Kier alpha value is -1.08. The van der Waals surface area contributed by atoms with Gasteiger partial charge in [-0.2, -0.15) is 0 Å². The Balaban J connectivity index is 0.00000264. The highest BCUT2D eigenvalue weighted by molar-refractivity contribution is 5.85. The molecule has 0 unspecified atom stereocenters. The van der Waals surface area contributed by atoms with Gasteiger partial charge in [-0.15, -0.1) is 24.8 Å². The molecule has 1 heterocycles. The van der Waals surface area contributed by atoms with Crippen LogP contribution in [0.5, 0.6) is 5.75 Å². The highest BCUT2D eigenvalue weighted by Gasteiger charge is 2.21. The fourth-order valence-corrected chi connectivity index (χ4v) is 2.66. The van der Waals surface area contributed by atoms with Gasteiger partial charge in [0.05, 0.1) is 7.11 Å². The SMILES string of the molecule is CNCCC(=O)N1CCN(Cc2cc(F)ccc2OC)CC1.Cl.Cl. The monoisotopic (exact) mass is 381 g/mol. The lowest BCUT2D eigenvalue weighted by atomic mass is 10.1. The summed E-state index contributed by atoms with van der Waals surface area (Å²) in [5.41, 5.74) is 0.845. The van der Waals surface area contributed by atoms with Gasteiger partial charge in [-0.25, -0.2) is 4.39 Å². The molecule has 0 aromatic heterocycles. The fraction of sp³-hybridized carbons (Fsp3) is 0.562. The number of piperazine rings is 1. The van der Waals surface area contributed by atoms with Crippen molar-refractivity contribution in [2.45, 2.75) is 13.0 Å². The predicted molar refractivity (Wildman–Crippen MR) is 97.8 cm³/mol. The number of carbonyl (C=O) groups excluding carboxylic acids is 1. The maximum atomic E-state index is 13.4. The van der Waals surface area contributed by atoms with Gasteiger partial charge in [0, 0.05) is 51.3 Å². The topological polar surface area (TPSA) is 44.8 Å². The predicted octanol–water partition coefficient (Wildman–Crippen LogP) is 1.93. The Bertz CT molecular complexity index is 512. The minimum Gasteiger partial charge on any atom is -0.496 e. The molecule has 1 aromatic carbocycles. The lowest BCUT2D eigenvalue weighted by Crippen LogP contribution is -2.48. The molecule has 5 nitrogen and oxygen atoms in total. The van der Waals surface area contributed by atoms with E-state index in [-0.39, 0.29) is 36.5 Å². The third-order valence-corrected chi connectivity index (χ3v) is 3.95. The van der Waals surface area contributed by atoms with E-state index in [1.807, 2.05) is 11.9 Å². The Morgan fingerprint density at radius 1 is 1.25 bits per heavy atom. The van der Waals surface area contributed by atoms with Crippen LogP contribution in [0.3, 0.4) is 0 Å². The molecular weight excluding hydrogens is 356 g/mol. The Morgan fingerprint density at radius 2 is 1.92 bits per heavy atom. The molecule has 8 heteroatoms. The van der Waals surface area contributed by atoms with E-state index < -0.39 is 0 Å². The highest BCUT2D eigenvalue weighted by atomic mass is 35.5. The quantitative estimate of drug-likeness (QED) is 0.817. The summed E-state index contributed by atoms with van der Waals surface area (Å²) < 4.78 is 18.7. The van der Waals surface area contributed by atoms with Crippen molar-refractivity contribution in [1.29, 1.82) is 0 Å². The van der Waals surface area contributed by atoms with Crippen LogP contribution in [0.1, 0.15) is 12.0 Å². The standard InChI is InChI=1S/C16H24FN3O2.2ClH/c1-18-6-5-16(21)20-9-7-19(8-10-20)12-13-11-14(17)3-4-15(13)22-2;;/h3-4,11,18H,5-10,12H2,1-2H3;2*1H. The molecule has 1 fully saturated rings. The number of nitrogens with one attached hydrogen (secondary N) is 1. The van der Waals surface area contributed by atoms with Gasteiger partial charge in [0.15, 0.2) is 0 Å². The van der Waals surface area contributed by atoms with Gasteiger partial charge in [0.2, 0.25) is 5.91 Å². The third-order valence-electron chi connectivity index (χ3n) is 3.95. The molecule has 0 saturated carbocycles. The van der Waals surface area contributed by atoms with Gasteiger partial charge >= 0.3 is 0 Å². The normalized spacial score (nSPS) is 14.5. The van der Waals surface area contributed by atoms with Crippen LogP contribution in [0, 0.1) is 5.82 Å². The summed E-state index contributed by atoms with van der Waals surface area (Å²) >= 11 is 0. The number of methoxy groups -OCH3 is 1. The maximum absolute atomic E-state index is 13.4. The molecule has 1 N–H and O–H groups in total. The molecule has 1 aliphatic heterocycles. The first kappa shape index (κ1) is 22.9. The first-order valence-electron chi connectivity index (χ1n) is 7.61. The maximum Gasteiger partial charge on any atom is 0.223 e. The molecule has 138 valence electrons. The zero-order valence-electron chi connectivity index (χ0n) is 14.1. The van der Waals surface area contributed by atoms with Crippen molar-refractivity contribution in [3.05, 3.63) is 29.6 Å². The van der Waals surface area contributed by atoms with Crippen LogP contribution >= 0.6 is 24.8 Å². The van der Waals surface area contributed by atoms with Crippen LogP contribution in [0.4, 0.5) is 4.39 Å². The molecule has 0 atom stereocenters. The van der Waals surface area contributed by atoms with Gasteiger partial charge in [-0.3, -0.25) is 9.69 Å². The molecule has 1 saturated heterocycles. The van der Waals surface area contributed by atoms with Crippen molar-refractivity contribution >= 4 is 30.7 Å². The van der Waals surface area contributed by atoms with Gasteiger partial charge < -0.3 is 15.0 Å². The van der Waals surface area contributed by atoms with E-state index in [0.717, 1.165) is 31.7 Å². The average Bonchev–Trinajstić information content (AvgIpc) is 2.53. The zero-order valence-corrected chi connectivity index (χ0v) is 15.7. The highest BCUT2D eigenvalue weighted by Crippen LogP contribution is 2.21. The van der Waals surface area contributed by atoms with E-state index in [2.05, 4.69) is 10.2 Å². The summed E-state index contributed by atoms with van der Waals surface area (Å²) in [4.78, 5) is 16.1. The van der Waals surface area contributed by atoms with Crippen LogP contribution in [-0.4, -0.2) is 62.6 Å². The number of amides is 1. The van der Waals surface area contributed by atoms with Crippen LogP contribution in [0.25, 0.3) is 0 Å². The Morgan fingerprint density at radius 3 is 2.50 bits per heavy atom. The molecule has 0 aliphatic carbocycles. The van der Waals surface area contributed by atoms with Gasteiger partial charge in [-0.1, -0.05) is 0 Å². The molecule has 1 aromatic rings. The van der Waals surface area contributed by atoms with Crippen LogP contribution in [0.15, 0.2) is 18.2 Å². The van der Waals surface area contributed by atoms with E-state index >= 15 is 0 Å². The van der Waals surface area contributed by atoms with E-state index in [9.17, 15) is 9.18 Å². The Kier molecular flexibility index (Phi) is 11.0. The molecule has 24 heavy (non-hydrogen) atoms. The lowest BCUT2D eigenvalue weighted by Gasteiger charge is -2.35. The van der Waals surface area contributed by atoms with Crippen molar-refractivity contribution in [2.24, 2.45) is 0 Å². The van der Waals surface area contributed by atoms with Crippen LogP contribution in [0.2, 0.25) is 0 Å². The fourth-order valence-electron chi connectivity index (χ4n) is 2.66. The average molecular weight is 382 g/mol. The second-order valence-corrected chi connectivity index (χ2v) is 5.47. The van der Waals surface area contributed by atoms with Crippen molar-refractivity contribution in [3.8, 4) is 5.75 Å². The van der Waals surface area contributed by atoms with E-state index in [4.69, 9.17) is 4.74 Å². The summed E-state index contributed by atoms with van der Waals surface area (Å²) in [6.45, 7) is 4.38. The van der Waals surface area contributed by atoms with E-state index in [1.54, 1.807) is 13.2 Å². The second kappa shape index (κ2) is 11.5. The molecule has 2 rings (SSSR count). The first-order chi connectivity index (χ1) is 10.6. The van der Waals surface area contributed by atoms with Crippen molar-refractivity contribution in [2.75, 3.05) is 46.9 Å². The van der Waals surface area contributed by atoms with Gasteiger partial charge in [0.1, 0.15) is 11.6 Å². The smallest absolute Gasteiger partial charge is 0.223 e.